The van der Waals surface area contributed by atoms with E-state index in [4.69, 9.17) is 32.5 Å². The third kappa shape index (κ3) is 9.60. The van der Waals surface area contributed by atoms with Gasteiger partial charge < -0.3 is 63.2 Å². The number of nitrogen functional groups attached to an aromatic ring is 3. The van der Waals surface area contributed by atoms with Gasteiger partial charge in [-0.25, -0.2) is 17.6 Å². The maximum atomic E-state index is 13.4. The Morgan fingerprint density at radius 3 is 1.44 bits per heavy atom. The van der Waals surface area contributed by atoms with Crippen LogP contribution in [0.5, 0.6) is 0 Å². The second-order valence-electron chi connectivity index (χ2n) is 11.6. The molecule has 52 heavy (non-hydrogen) atoms. The van der Waals surface area contributed by atoms with Gasteiger partial charge in [0.25, 0.3) is 16.7 Å². The average Bonchev–Trinajstić information content (AvgIpc) is 3.81. The second-order valence-corrected chi connectivity index (χ2v) is 11.6. The van der Waals surface area contributed by atoms with Crippen LogP contribution in [0.25, 0.3) is 0 Å². The molecule has 21 nitrogen and oxygen atoms in total. The van der Waals surface area contributed by atoms with E-state index < -0.39 is 43.5 Å². The Morgan fingerprint density at radius 2 is 1.02 bits per heavy atom. The third-order valence-electron chi connectivity index (χ3n) is 7.73. The van der Waals surface area contributed by atoms with Gasteiger partial charge in [0.15, 0.2) is 29.8 Å². The zero-order valence-corrected chi connectivity index (χ0v) is 27.6. The van der Waals surface area contributed by atoms with Crippen LogP contribution in [0.4, 0.5) is 69.9 Å². The van der Waals surface area contributed by atoms with Gasteiger partial charge in [-0.05, 0) is 6.42 Å². The number of rotatable bonds is 12. The van der Waals surface area contributed by atoms with Crippen molar-refractivity contribution in [3.8, 4) is 0 Å². The molecule has 3 aliphatic rings. The molecular weight excluding hydrogens is 706 g/mol. The number of aromatic nitrogens is 6. The fourth-order valence-corrected chi connectivity index (χ4v) is 5.13. The predicted octanol–water partition coefficient (Wildman–Crippen LogP) is -2.27. The number of aliphatic hydroxyl groups is 3. The van der Waals surface area contributed by atoms with E-state index in [1.54, 1.807) is 9.80 Å². The molecule has 4 atom stereocenters. The Hall–Kier alpha value is -5.56. The van der Waals surface area contributed by atoms with Gasteiger partial charge in [-0.3, -0.25) is 29.3 Å². The van der Waals surface area contributed by atoms with Crippen molar-refractivity contribution in [1.82, 2.24) is 29.9 Å². The maximum Gasteiger partial charge on any atom is 0.277 e. The molecule has 0 aromatic carbocycles. The summed E-state index contributed by atoms with van der Waals surface area (Å²) in [4.78, 5) is 58.0. The van der Waals surface area contributed by atoms with Crippen LogP contribution >= 0.6 is 0 Å². The fraction of sp³-hybridized carbons (Fsp3) is 0.556. The molecule has 0 fully saturated rings. The number of halogens is 4. The van der Waals surface area contributed by atoms with E-state index in [1.165, 1.54) is 4.90 Å². The van der Waals surface area contributed by atoms with Crippen molar-refractivity contribution in [2.24, 2.45) is 0 Å². The first-order valence-electron chi connectivity index (χ1n) is 15.8. The minimum absolute atomic E-state index is 0.0000151. The van der Waals surface area contributed by atoms with Gasteiger partial charge in [0, 0.05) is 19.6 Å². The summed E-state index contributed by atoms with van der Waals surface area (Å²) < 4.78 is 52.6. The lowest BCUT2D eigenvalue weighted by Gasteiger charge is -2.20. The highest BCUT2D eigenvalue weighted by atomic mass is 19.2. The number of hydrogen-bond donors (Lipinski definition) is 12. The molecule has 3 aromatic rings. The standard InChI is InChI=1S/C9H13F2N5O2.2C9H14FN5O2/c10-4(5(11)2-17)1-16-3-13-6-7(16)14-9(12)15-8(6)18;10-5(1-2-16)3-15-4-12-6-7(15)13-9(11)14-8(6)17;10-5(3-16)1-2-15-4-12-6-7(15)13-9(11)14-8(6)17/h4-5,13,17H,1-3H2,(H3,12,14,15,18);2*5,12,16H,1-4H2,(H3,11,13,14,17). The largest absolute Gasteiger partial charge is 0.396 e. The number of nitrogens with two attached hydrogens (primary N) is 3. The molecule has 0 saturated carbocycles. The van der Waals surface area contributed by atoms with Crippen LogP contribution in [-0.4, -0.2) is 129 Å². The molecule has 15 N–H and O–H groups in total. The van der Waals surface area contributed by atoms with E-state index in [1.807, 2.05) is 0 Å². The normalized spacial score (nSPS) is 16.1. The molecule has 0 radical (unpaired) electrons. The van der Waals surface area contributed by atoms with Crippen molar-refractivity contribution >= 4 is 52.4 Å². The summed E-state index contributed by atoms with van der Waals surface area (Å²) in [5.74, 6) is 0.899. The predicted molar refractivity (Wildman–Crippen MR) is 185 cm³/mol. The van der Waals surface area contributed by atoms with E-state index in [2.05, 4.69) is 45.9 Å². The molecule has 6 rings (SSSR count). The highest BCUT2D eigenvalue weighted by Gasteiger charge is 2.30. The SMILES string of the molecule is Nc1nc2c(c(=O)[nH]1)NCN2CC(F)C(F)CO.Nc1nc2c(c(=O)[nH]1)NCN2CC(F)CCO.Nc1nc2c(c(=O)[nH]1)NCN2CCC(F)CO. The summed E-state index contributed by atoms with van der Waals surface area (Å²) >= 11 is 0. The van der Waals surface area contributed by atoms with Crippen molar-refractivity contribution in [3.63, 3.8) is 0 Å². The quantitative estimate of drug-likeness (QED) is 0.0870. The highest BCUT2D eigenvalue weighted by molar-refractivity contribution is 5.72. The van der Waals surface area contributed by atoms with Gasteiger partial charge in [-0.2, -0.15) is 15.0 Å². The number of aromatic amines is 3. The van der Waals surface area contributed by atoms with Gasteiger partial charge in [-0.1, -0.05) is 0 Å². The van der Waals surface area contributed by atoms with Crippen molar-refractivity contribution in [2.75, 3.05) is 107 Å². The first-order valence-corrected chi connectivity index (χ1v) is 15.8. The number of nitrogens with zero attached hydrogens (tertiary/aromatic N) is 6. The summed E-state index contributed by atoms with van der Waals surface area (Å²) in [5, 5.41) is 34.2. The van der Waals surface area contributed by atoms with Crippen LogP contribution in [0.1, 0.15) is 12.8 Å². The second kappa shape index (κ2) is 17.6. The highest BCUT2D eigenvalue weighted by Crippen LogP contribution is 2.28. The maximum absolute atomic E-state index is 13.4. The Bertz CT molecular complexity index is 1830. The van der Waals surface area contributed by atoms with Crippen molar-refractivity contribution in [1.29, 1.82) is 0 Å². The van der Waals surface area contributed by atoms with E-state index in [0.29, 0.717) is 42.9 Å². The Morgan fingerprint density at radius 1 is 0.596 bits per heavy atom. The first-order chi connectivity index (χ1) is 24.8. The molecule has 0 bridgehead atoms. The Balaban J connectivity index is 0.000000175. The molecule has 3 aliphatic heterocycles. The average molecular weight is 748 g/mol. The molecule has 0 aliphatic carbocycles. The molecule has 288 valence electrons. The number of aliphatic hydroxyl groups excluding tert-OH is 3. The van der Waals surface area contributed by atoms with E-state index in [-0.39, 0.29) is 79.7 Å². The molecule has 0 spiro atoms. The summed E-state index contributed by atoms with van der Waals surface area (Å²) in [6.45, 7) is -0.674. The van der Waals surface area contributed by atoms with Crippen LogP contribution in [0.15, 0.2) is 14.4 Å². The van der Waals surface area contributed by atoms with E-state index >= 15 is 0 Å². The fourth-order valence-electron chi connectivity index (χ4n) is 5.13. The van der Waals surface area contributed by atoms with Crippen LogP contribution in [0.2, 0.25) is 0 Å². The van der Waals surface area contributed by atoms with Crippen LogP contribution in [0, 0.1) is 0 Å². The topological polar surface area (TPSA) is 322 Å². The molecular formula is C27H41F4N15O6. The van der Waals surface area contributed by atoms with Crippen LogP contribution in [-0.2, 0) is 0 Å². The summed E-state index contributed by atoms with van der Waals surface area (Å²) in [7, 11) is 0. The summed E-state index contributed by atoms with van der Waals surface area (Å²) in [6, 6.07) is 0. The summed E-state index contributed by atoms with van der Waals surface area (Å²) in [6.07, 6.45) is -6.04. The third-order valence-corrected chi connectivity index (χ3v) is 7.73. The van der Waals surface area contributed by atoms with Gasteiger partial charge in [0.1, 0.15) is 29.4 Å². The molecule has 25 heteroatoms. The molecule has 6 heterocycles. The van der Waals surface area contributed by atoms with E-state index in [0.717, 1.165) is 0 Å². The first kappa shape index (κ1) is 39.2. The number of fused-ring (bicyclic) bond motifs is 3. The number of alkyl halides is 4. The van der Waals surface area contributed by atoms with Crippen molar-refractivity contribution < 1.29 is 32.9 Å². The minimum atomic E-state index is -1.96. The lowest BCUT2D eigenvalue weighted by atomic mass is 10.2. The van der Waals surface area contributed by atoms with E-state index in [9.17, 15) is 31.9 Å². The molecule has 0 amide bonds. The lowest BCUT2D eigenvalue weighted by molar-refractivity contribution is 0.101. The Labute approximate surface area is 291 Å². The summed E-state index contributed by atoms with van der Waals surface area (Å²) in [5.41, 5.74) is 15.9. The smallest absolute Gasteiger partial charge is 0.277 e. The Kier molecular flexibility index (Phi) is 13.3. The number of anilines is 9. The van der Waals surface area contributed by atoms with Gasteiger partial charge in [-0.15, -0.1) is 0 Å². The number of nitrogens with one attached hydrogen (secondary N) is 6. The number of hydrogen-bond acceptors (Lipinski definition) is 18. The zero-order chi connectivity index (χ0) is 38.1. The van der Waals surface area contributed by atoms with Gasteiger partial charge >= 0.3 is 0 Å². The monoisotopic (exact) mass is 747 g/mol. The van der Waals surface area contributed by atoms with Gasteiger partial charge in [0.2, 0.25) is 17.8 Å². The number of H-pyrrole nitrogens is 3. The molecule has 3 aromatic heterocycles. The van der Waals surface area contributed by atoms with Crippen LogP contribution in [0.3, 0.4) is 0 Å². The zero-order valence-electron chi connectivity index (χ0n) is 27.6. The van der Waals surface area contributed by atoms with Crippen molar-refractivity contribution in [2.45, 2.75) is 37.5 Å². The molecule has 4 unspecified atom stereocenters. The van der Waals surface area contributed by atoms with Crippen molar-refractivity contribution in [3.05, 3.63) is 31.1 Å². The lowest BCUT2D eigenvalue weighted by Crippen LogP contribution is -2.36. The molecule has 0 saturated heterocycles. The van der Waals surface area contributed by atoms with Crippen LogP contribution < -0.4 is 64.5 Å². The minimum Gasteiger partial charge on any atom is -0.396 e. The van der Waals surface area contributed by atoms with Gasteiger partial charge in [0.05, 0.1) is 46.3 Å².